The van der Waals surface area contributed by atoms with Gasteiger partial charge in [-0.05, 0) is 55.8 Å². The zero-order valence-electron chi connectivity index (χ0n) is 10.4. The van der Waals surface area contributed by atoms with Crippen LogP contribution in [0.5, 0.6) is 0 Å². The molecule has 5 rings (SSSR count). The molecule has 0 spiro atoms. The fourth-order valence-corrected chi connectivity index (χ4v) is 5.07. The van der Waals surface area contributed by atoms with Crippen LogP contribution in [0.3, 0.4) is 0 Å². The first-order chi connectivity index (χ1) is 8.69. The number of aromatic amines is 1. The van der Waals surface area contributed by atoms with Crippen LogP contribution in [0.1, 0.15) is 43.7 Å². The molecule has 0 amide bonds. The van der Waals surface area contributed by atoms with Crippen molar-refractivity contribution >= 4 is 5.95 Å². The number of nitrogens with two attached hydrogens (primary N) is 1. The number of nitrogen functional groups attached to an aromatic ring is 1. The number of nitrogens with zero attached hydrogens (tertiary/aromatic N) is 1. The van der Waals surface area contributed by atoms with Gasteiger partial charge in [-0.1, -0.05) is 0 Å². The Labute approximate surface area is 106 Å². The van der Waals surface area contributed by atoms with Crippen molar-refractivity contribution in [1.29, 1.82) is 0 Å². The van der Waals surface area contributed by atoms with Gasteiger partial charge in [0, 0.05) is 12.0 Å². The summed E-state index contributed by atoms with van der Waals surface area (Å²) < 4.78 is 0. The van der Waals surface area contributed by atoms with E-state index in [0.29, 0.717) is 5.92 Å². The van der Waals surface area contributed by atoms with Crippen molar-refractivity contribution in [2.24, 2.45) is 23.7 Å². The summed E-state index contributed by atoms with van der Waals surface area (Å²) in [7, 11) is 0. The average Bonchev–Trinajstić information content (AvgIpc) is 2.25. The van der Waals surface area contributed by atoms with E-state index in [1.54, 1.807) is 6.07 Å². The van der Waals surface area contributed by atoms with Gasteiger partial charge in [0.05, 0.1) is 5.69 Å². The Hall–Kier alpha value is -1.32. The maximum atomic E-state index is 11.6. The zero-order valence-corrected chi connectivity index (χ0v) is 10.4. The monoisotopic (exact) mass is 245 g/mol. The van der Waals surface area contributed by atoms with Crippen molar-refractivity contribution in [3.63, 3.8) is 0 Å². The second-order valence-corrected chi connectivity index (χ2v) is 6.51. The second kappa shape index (κ2) is 3.59. The van der Waals surface area contributed by atoms with E-state index >= 15 is 0 Å². The van der Waals surface area contributed by atoms with E-state index in [9.17, 15) is 4.79 Å². The molecular formula is C14H19N3O. The first-order valence-corrected chi connectivity index (χ1v) is 7.06. The zero-order chi connectivity index (χ0) is 12.3. The van der Waals surface area contributed by atoms with E-state index in [4.69, 9.17) is 5.73 Å². The lowest BCUT2D eigenvalue weighted by Crippen LogP contribution is -2.44. The van der Waals surface area contributed by atoms with Gasteiger partial charge in [0.15, 0.2) is 0 Å². The molecule has 4 heteroatoms. The van der Waals surface area contributed by atoms with Crippen LogP contribution < -0.4 is 11.3 Å². The molecule has 4 saturated carbocycles. The van der Waals surface area contributed by atoms with Crippen molar-refractivity contribution < 1.29 is 0 Å². The Morgan fingerprint density at radius 1 is 1.11 bits per heavy atom. The van der Waals surface area contributed by atoms with Crippen LogP contribution in [-0.2, 0) is 0 Å². The van der Waals surface area contributed by atoms with Gasteiger partial charge < -0.3 is 5.73 Å². The second-order valence-electron chi connectivity index (χ2n) is 6.51. The summed E-state index contributed by atoms with van der Waals surface area (Å²) in [6.45, 7) is 0. The van der Waals surface area contributed by atoms with Crippen LogP contribution >= 0.6 is 0 Å². The predicted molar refractivity (Wildman–Crippen MR) is 69.1 cm³/mol. The molecule has 0 aromatic carbocycles. The van der Waals surface area contributed by atoms with Gasteiger partial charge in [-0.2, -0.15) is 0 Å². The van der Waals surface area contributed by atoms with Crippen molar-refractivity contribution in [1.82, 2.24) is 9.97 Å². The third-order valence-corrected chi connectivity index (χ3v) is 5.35. The molecule has 18 heavy (non-hydrogen) atoms. The fourth-order valence-electron chi connectivity index (χ4n) is 5.07. The summed E-state index contributed by atoms with van der Waals surface area (Å²) in [4.78, 5) is 18.5. The summed E-state index contributed by atoms with van der Waals surface area (Å²) in [6, 6.07) is 1.67. The molecule has 4 nitrogen and oxygen atoms in total. The molecule has 4 aliphatic carbocycles. The molecule has 0 radical (unpaired) electrons. The Morgan fingerprint density at radius 2 is 1.72 bits per heavy atom. The molecule has 1 heterocycles. The molecule has 4 bridgehead atoms. The summed E-state index contributed by atoms with van der Waals surface area (Å²) in [5.74, 6) is 4.14. The molecule has 0 saturated heterocycles. The van der Waals surface area contributed by atoms with Crippen molar-refractivity contribution in [2.75, 3.05) is 5.73 Å². The molecule has 4 aliphatic rings. The first-order valence-electron chi connectivity index (χ1n) is 7.06. The van der Waals surface area contributed by atoms with E-state index in [1.165, 1.54) is 32.1 Å². The highest BCUT2D eigenvalue weighted by Crippen LogP contribution is 2.59. The normalized spacial score (nSPS) is 41.2. The predicted octanol–water partition coefficient (Wildman–Crippen LogP) is 1.89. The Kier molecular flexibility index (Phi) is 2.11. The molecular weight excluding hydrogens is 226 g/mol. The first kappa shape index (κ1) is 10.6. The Bertz CT molecular complexity index is 508. The summed E-state index contributed by atoms with van der Waals surface area (Å²) in [5, 5.41) is 0. The van der Waals surface area contributed by atoms with Gasteiger partial charge in [-0.3, -0.25) is 9.78 Å². The Balaban J connectivity index is 1.74. The van der Waals surface area contributed by atoms with Crippen LogP contribution in [0.4, 0.5) is 5.95 Å². The topological polar surface area (TPSA) is 71.8 Å². The maximum Gasteiger partial charge on any atom is 0.252 e. The molecule has 0 aliphatic heterocycles. The summed E-state index contributed by atoms with van der Waals surface area (Å²) in [6.07, 6.45) is 6.81. The van der Waals surface area contributed by atoms with E-state index in [1.807, 2.05) is 0 Å². The lowest BCUT2D eigenvalue weighted by Gasteiger charge is -2.54. The number of aromatic nitrogens is 2. The van der Waals surface area contributed by atoms with Gasteiger partial charge in [0.2, 0.25) is 5.95 Å². The van der Waals surface area contributed by atoms with Gasteiger partial charge >= 0.3 is 0 Å². The maximum absolute atomic E-state index is 11.6. The van der Waals surface area contributed by atoms with Crippen LogP contribution in [0.2, 0.25) is 0 Å². The molecule has 0 atom stereocenters. The highest BCUT2D eigenvalue weighted by Gasteiger charge is 2.49. The van der Waals surface area contributed by atoms with E-state index < -0.39 is 0 Å². The number of rotatable bonds is 1. The number of nitrogens with one attached hydrogen (secondary N) is 1. The van der Waals surface area contributed by atoms with Crippen LogP contribution in [0.15, 0.2) is 10.9 Å². The number of hydrogen-bond donors (Lipinski definition) is 2. The van der Waals surface area contributed by atoms with Gasteiger partial charge in [0.1, 0.15) is 0 Å². The highest BCUT2D eigenvalue weighted by atomic mass is 16.1. The lowest BCUT2D eigenvalue weighted by atomic mass is 9.51. The van der Waals surface area contributed by atoms with E-state index in [-0.39, 0.29) is 11.5 Å². The highest BCUT2D eigenvalue weighted by molar-refractivity contribution is 5.23. The molecule has 4 fully saturated rings. The minimum atomic E-state index is -0.105. The van der Waals surface area contributed by atoms with Crippen molar-refractivity contribution in [2.45, 2.75) is 38.0 Å². The van der Waals surface area contributed by atoms with Crippen LogP contribution in [0, 0.1) is 23.7 Å². The molecule has 3 N–H and O–H groups in total. The number of anilines is 1. The standard InChI is InChI=1S/C14H19N3O/c15-14-16-11(6-12(18)17-14)13-9-2-7-1-8(4-9)5-10(13)3-7/h6-10,13H,1-5H2,(H3,15,16,17,18). The van der Waals surface area contributed by atoms with E-state index in [0.717, 1.165) is 29.4 Å². The number of H-pyrrole nitrogens is 1. The van der Waals surface area contributed by atoms with Gasteiger partial charge in [-0.15, -0.1) is 0 Å². The van der Waals surface area contributed by atoms with E-state index in [2.05, 4.69) is 9.97 Å². The van der Waals surface area contributed by atoms with Crippen molar-refractivity contribution in [3.8, 4) is 0 Å². The van der Waals surface area contributed by atoms with Crippen molar-refractivity contribution in [3.05, 3.63) is 22.1 Å². The van der Waals surface area contributed by atoms with Crippen LogP contribution in [0.25, 0.3) is 0 Å². The fraction of sp³-hybridized carbons (Fsp3) is 0.714. The van der Waals surface area contributed by atoms with Gasteiger partial charge in [-0.25, -0.2) is 4.98 Å². The summed E-state index contributed by atoms with van der Waals surface area (Å²) >= 11 is 0. The molecule has 1 aromatic heterocycles. The third-order valence-electron chi connectivity index (χ3n) is 5.35. The molecule has 1 aromatic rings. The van der Waals surface area contributed by atoms with Gasteiger partial charge in [0.25, 0.3) is 5.56 Å². The quantitative estimate of drug-likeness (QED) is 0.793. The summed E-state index contributed by atoms with van der Waals surface area (Å²) in [5.41, 5.74) is 6.53. The lowest BCUT2D eigenvalue weighted by molar-refractivity contribution is -0.00417. The molecule has 96 valence electrons. The third kappa shape index (κ3) is 1.51. The average molecular weight is 245 g/mol. The smallest absolute Gasteiger partial charge is 0.252 e. The minimum absolute atomic E-state index is 0.105. The number of hydrogen-bond acceptors (Lipinski definition) is 3. The Morgan fingerprint density at radius 3 is 2.28 bits per heavy atom. The largest absolute Gasteiger partial charge is 0.369 e. The minimum Gasteiger partial charge on any atom is -0.369 e. The van der Waals surface area contributed by atoms with Crippen LogP contribution in [-0.4, -0.2) is 9.97 Å². The SMILES string of the molecule is Nc1nc(C2C3CC4CC(C3)CC2C4)cc(=O)[nH]1. The molecule has 0 unspecified atom stereocenters.